The van der Waals surface area contributed by atoms with Gasteiger partial charge in [-0.05, 0) is 61.6 Å². The molecule has 3 rings (SSSR count). The van der Waals surface area contributed by atoms with E-state index in [1.165, 1.54) is 23.1 Å². The van der Waals surface area contributed by atoms with E-state index in [1.807, 2.05) is 37.3 Å². The van der Waals surface area contributed by atoms with Crippen molar-refractivity contribution in [2.24, 2.45) is 0 Å². The number of amides is 1. The molecule has 1 aliphatic rings. The molecule has 0 aliphatic heterocycles. The highest BCUT2D eigenvalue weighted by Crippen LogP contribution is 2.24. The third-order valence-electron chi connectivity index (χ3n) is 3.77. The van der Waals surface area contributed by atoms with Crippen molar-refractivity contribution in [1.29, 1.82) is 0 Å². The van der Waals surface area contributed by atoms with Crippen LogP contribution in [0.5, 0.6) is 5.75 Å². The summed E-state index contributed by atoms with van der Waals surface area (Å²) in [5.41, 5.74) is 4.79. The highest BCUT2D eigenvalue weighted by Gasteiger charge is 2.12. The van der Waals surface area contributed by atoms with Crippen molar-refractivity contribution in [1.82, 2.24) is 0 Å². The molecule has 3 nitrogen and oxygen atoms in total. The van der Waals surface area contributed by atoms with E-state index in [0.29, 0.717) is 5.75 Å². The van der Waals surface area contributed by atoms with Gasteiger partial charge in [0.15, 0.2) is 6.61 Å². The van der Waals surface area contributed by atoms with Gasteiger partial charge in [-0.1, -0.05) is 23.8 Å². The minimum Gasteiger partial charge on any atom is -0.484 e. The number of ether oxygens (including phenoxy) is 1. The molecular weight excluding hydrogens is 262 g/mol. The Bertz CT molecular complexity index is 647. The predicted octanol–water partition coefficient (Wildman–Crippen LogP) is 3.50. The zero-order valence-corrected chi connectivity index (χ0v) is 12.2. The smallest absolute Gasteiger partial charge is 0.262 e. The number of aryl methyl sites for hydroxylation is 3. The van der Waals surface area contributed by atoms with Crippen LogP contribution >= 0.6 is 0 Å². The number of rotatable bonds is 4. The van der Waals surface area contributed by atoms with Gasteiger partial charge in [0, 0.05) is 5.69 Å². The summed E-state index contributed by atoms with van der Waals surface area (Å²) in [5, 5.41) is 2.89. The summed E-state index contributed by atoms with van der Waals surface area (Å²) in [6.07, 6.45) is 3.47. The van der Waals surface area contributed by atoms with Gasteiger partial charge in [0.05, 0.1) is 0 Å². The van der Waals surface area contributed by atoms with Crippen molar-refractivity contribution in [3.8, 4) is 5.75 Å². The fourth-order valence-corrected chi connectivity index (χ4v) is 2.63. The first-order chi connectivity index (χ1) is 10.2. The molecule has 0 aromatic heterocycles. The Kier molecular flexibility index (Phi) is 3.91. The van der Waals surface area contributed by atoms with Crippen LogP contribution < -0.4 is 10.1 Å². The lowest BCUT2D eigenvalue weighted by molar-refractivity contribution is -0.118. The molecular formula is C18H19NO2. The molecule has 108 valence electrons. The summed E-state index contributed by atoms with van der Waals surface area (Å²) in [4.78, 5) is 11.9. The van der Waals surface area contributed by atoms with E-state index in [1.54, 1.807) is 0 Å². The van der Waals surface area contributed by atoms with E-state index in [4.69, 9.17) is 4.74 Å². The summed E-state index contributed by atoms with van der Waals surface area (Å²) in [6.45, 7) is 2.05. The molecule has 1 amide bonds. The average Bonchev–Trinajstić information content (AvgIpc) is 2.94. The van der Waals surface area contributed by atoms with Gasteiger partial charge in [-0.15, -0.1) is 0 Å². The van der Waals surface area contributed by atoms with Gasteiger partial charge in [0.25, 0.3) is 5.91 Å². The lowest BCUT2D eigenvalue weighted by atomic mass is 10.1. The number of hydrogen-bond acceptors (Lipinski definition) is 2. The van der Waals surface area contributed by atoms with Crippen LogP contribution in [0.3, 0.4) is 0 Å². The molecule has 2 aromatic carbocycles. The Morgan fingerprint density at radius 3 is 2.67 bits per heavy atom. The third kappa shape index (κ3) is 3.43. The van der Waals surface area contributed by atoms with Crippen LogP contribution in [-0.4, -0.2) is 12.5 Å². The van der Waals surface area contributed by atoms with E-state index in [2.05, 4.69) is 17.4 Å². The second-order valence-corrected chi connectivity index (χ2v) is 5.49. The molecule has 3 heteroatoms. The summed E-state index contributed by atoms with van der Waals surface area (Å²) >= 11 is 0. The maximum atomic E-state index is 11.9. The molecule has 0 fully saturated rings. The average molecular weight is 281 g/mol. The molecule has 0 saturated heterocycles. The first-order valence-corrected chi connectivity index (χ1v) is 7.32. The maximum Gasteiger partial charge on any atom is 0.262 e. The van der Waals surface area contributed by atoms with E-state index >= 15 is 0 Å². The second-order valence-electron chi connectivity index (χ2n) is 5.49. The highest BCUT2D eigenvalue weighted by molar-refractivity contribution is 5.92. The number of nitrogens with one attached hydrogen (secondary N) is 1. The zero-order chi connectivity index (χ0) is 14.7. The molecule has 0 atom stereocenters. The van der Waals surface area contributed by atoms with Gasteiger partial charge < -0.3 is 10.1 Å². The first-order valence-electron chi connectivity index (χ1n) is 7.32. The lowest BCUT2D eigenvalue weighted by Gasteiger charge is -2.09. The van der Waals surface area contributed by atoms with Crippen LogP contribution in [-0.2, 0) is 17.6 Å². The Balaban J connectivity index is 1.55. The SMILES string of the molecule is Cc1ccc(OCC(=O)Nc2ccc3c(c2)CCC3)cc1. The number of benzene rings is 2. The van der Waals surface area contributed by atoms with Gasteiger partial charge in [-0.3, -0.25) is 4.79 Å². The van der Waals surface area contributed by atoms with Crippen LogP contribution in [0, 0.1) is 6.92 Å². The predicted molar refractivity (Wildman–Crippen MR) is 83.8 cm³/mol. The molecule has 0 heterocycles. The van der Waals surface area contributed by atoms with E-state index in [9.17, 15) is 4.79 Å². The topological polar surface area (TPSA) is 38.3 Å². The maximum absolute atomic E-state index is 11.9. The molecule has 1 aliphatic carbocycles. The standard InChI is InChI=1S/C18H19NO2/c1-13-5-9-17(10-6-13)21-12-18(20)19-16-8-7-14-3-2-4-15(14)11-16/h5-11H,2-4,12H2,1H3,(H,19,20). The Morgan fingerprint density at radius 1 is 1.10 bits per heavy atom. The number of carbonyl (C=O) groups is 1. The summed E-state index contributed by atoms with van der Waals surface area (Å²) < 4.78 is 5.48. The Labute approximate surface area is 124 Å². The molecule has 0 unspecified atom stereocenters. The first kappa shape index (κ1) is 13.7. The molecule has 21 heavy (non-hydrogen) atoms. The van der Waals surface area contributed by atoms with Gasteiger partial charge in [-0.2, -0.15) is 0 Å². The molecule has 0 bridgehead atoms. The van der Waals surface area contributed by atoms with Gasteiger partial charge >= 0.3 is 0 Å². The monoisotopic (exact) mass is 281 g/mol. The number of fused-ring (bicyclic) bond motifs is 1. The Hall–Kier alpha value is -2.29. The van der Waals surface area contributed by atoms with Gasteiger partial charge in [-0.25, -0.2) is 0 Å². The second kappa shape index (κ2) is 6.00. The molecule has 0 radical (unpaired) electrons. The van der Waals surface area contributed by atoms with Crippen molar-refractivity contribution in [3.05, 3.63) is 59.2 Å². The zero-order valence-electron chi connectivity index (χ0n) is 12.2. The van der Waals surface area contributed by atoms with Crippen LogP contribution in [0.15, 0.2) is 42.5 Å². The molecule has 0 saturated carbocycles. The van der Waals surface area contributed by atoms with Crippen LogP contribution in [0.4, 0.5) is 5.69 Å². The minimum absolute atomic E-state index is 0.0279. The Morgan fingerprint density at radius 2 is 1.86 bits per heavy atom. The normalized spacial score (nSPS) is 12.8. The van der Waals surface area contributed by atoms with Crippen molar-refractivity contribution in [2.75, 3.05) is 11.9 Å². The van der Waals surface area contributed by atoms with Gasteiger partial charge in [0.1, 0.15) is 5.75 Å². The number of hydrogen-bond donors (Lipinski definition) is 1. The van der Waals surface area contributed by atoms with Crippen LogP contribution in [0.25, 0.3) is 0 Å². The lowest BCUT2D eigenvalue weighted by Crippen LogP contribution is -2.20. The van der Waals surface area contributed by atoms with Crippen molar-refractivity contribution >= 4 is 11.6 Å². The van der Waals surface area contributed by atoms with Gasteiger partial charge in [0.2, 0.25) is 0 Å². The van der Waals surface area contributed by atoms with Crippen molar-refractivity contribution < 1.29 is 9.53 Å². The quantitative estimate of drug-likeness (QED) is 0.931. The highest BCUT2D eigenvalue weighted by atomic mass is 16.5. The minimum atomic E-state index is -0.131. The third-order valence-corrected chi connectivity index (χ3v) is 3.77. The van der Waals surface area contributed by atoms with E-state index < -0.39 is 0 Å². The van der Waals surface area contributed by atoms with Crippen LogP contribution in [0.2, 0.25) is 0 Å². The fraction of sp³-hybridized carbons (Fsp3) is 0.278. The van der Waals surface area contributed by atoms with E-state index in [-0.39, 0.29) is 12.5 Å². The molecule has 2 aromatic rings. The number of anilines is 1. The van der Waals surface area contributed by atoms with Crippen molar-refractivity contribution in [3.63, 3.8) is 0 Å². The van der Waals surface area contributed by atoms with E-state index in [0.717, 1.165) is 18.5 Å². The number of carbonyl (C=O) groups excluding carboxylic acids is 1. The van der Waals surface area contributed by atoms with Crippen LogP contribution in [0.1, 0.15) is 23.1 Å². The summed E-state index contributed by atoms with van der Waals surface area (Å²) in [6, 6.07) is 13.8. The summed E-state index contributed by atoms with van der Waals surface area (Å²) in [7, 11) is 0. The largest absolute Gasteiger partial charge is 0.484 e. The fourth-order valence-electron chi connectivity index (χ4n) is 2.63. The molecule has 0 spiro atoms. The molecule has 1 N–H and O–H groups in total. The van der Waals surface area contributed by atoms with Crippen molar-refractivity contribution in [2.45, 2.75) is 26.2 Å². The summed E-state index contributed by atoms with van der Waals surface area (Å²) in [5.74, 6) is 0.582.